The van der Waals surface area contributed by atoms with E-state index in [2.05, 4.69) is 6.58 Å². The third-order valence-electron chi connectivity index (χ3n) is 2.24. The highest BCUT2D eigenvalue weighted by atomic mass is 16.6. The highest BCUT2D eigenvalue weighted by Crippen LogP contribution is 2.01. The van der Waals surface area contributed by atoms with Gasteiger partial charge >= 0.3 is 5.97 Å². The van der Waals surface area contributed by atoms with Gasteiger partial charge in [0, 0.05) is 6.08 Å². The number of benzene rings is 1. The van der Waals surface area contributed by atoms with E-state index in [9.17, 15) is 9.90 Å². The number of hydrogen-bond donors (Lipinski definition) is 1. The van der Waals surface area contributed by atoms with Crippen LogP contribution in [0.15, 0.2) is 48.6 Å². The van der Waals surface area contributed by atoms with Crippen LogP contribution in [0.2, 0.25) is 0 Å². The Kier molecular flexibility index (Phi) is 6.57. The second kappa shape index (κ2) is 8.24. The molecule has 0 aromatic heterocycles. The molecule has 0 aliphatic rings. The summed E-state index contributed by atoms with van der Waals surface area (Å²) in [4.78, 5) is 11.4. The second-order valence-electron chi connectivity index (χ2n) is 3.98. The third-order valence-corrected chi connectivity index (χ3v) is 2.24. The molecule has 0 aliphatic carbocycles. The maximum Gasteiger partial charge on any atom is 0.330 e. The SMILES string of the molecule is C=C(C)C(O)OCCOC(=O)/C=C/c1ccccc1. The zero-order valence-electron chi connectivity index (χ0n) is 10.9. The van der Waals surface area contributed by atoms with Gasteiger partial charge in [0.05, 0.1) is 6.61 Å². The predicted octanol–water partition coefficient (Wildman–Crippen LogP) is 2.15. The Morgan fingerprint density at radius 2 is 2.05 bits per heavy atom. The first-order valence-electron chi connectivity index (χ1n) is 5.94. The quantitative estimate of drug-likeness (QED) is 0.269. The van der Waals surface area contributed by atoms with E-state index < -0.39 is 12.3 Å². The summed E-state index contributed by atoms with van der Waals surface area (Å²) < 4.78 is 9.87. The lowest BCUT2D eigenvalue weighted by molar-refractivity contribution is -0.143. The fourth-order valence-corrected chi connectivity index (χ4v) is 1.22. The first kappa shape index (κ1) is 15.1. The summed E-state index contributed by atoms with van der Waals surface area (Å²) in [7, 11) is 0. The van der Waals surface area contributed by atoms with Gasteiger partial charge in [0.25, 0.3) is 0 Å². The molecule has 0 radical (unpaired) electrons. The third kappa shape index (κ3) is 6.55. The van der Waals surface area contributed by atoms with Crippen LogP contribution in [-0.4, -0.2) is 30.6 Å². The lowest BCUT2D eigenvalue weighted by atomic mass is 10.2. The molecule has 0 heterocycles. The van der Waals surface area contributed by atoms with Crippen molar-refractivity contribution in [2.75, 3.05) is 13.2 Å². The van der Waals surface area contributed by atoms with Gasteiger partial charge in [-0.3, -0.25) is 0 Å². The normalized spacial score (nSPS) is 12.3. The van der Waals surface area contributed by atoms with Crippen molar-refractivity contribution < 1.29 is 19.4 Å². The fraction of sp³-hybridized carbons (Fsp3) is 0.267. The summed E-state index contributed by atoms with van der Waals surface area (Å²) in [5.74, 6) is -0.447. The molecule has 19 heavy (non-hydrogen) atoms. The summed E-state index contributed by atoms with van der Waals surface area (Å²) in [5.41, 5.74) is 1.43. The number of aliphatic hydroxyl groups is 1. The van der Waals surface area contributed by atoms with Gasteiger partial charge in [0.1, 0.15) is 6.61 Å². The van der Waals surface area contributed by atoms with E-state index in [0.29, 0.717) is 5.57 Å². The van der Waals surface area contributed by atoms with E-state index in [-0.39, 0.29) is 13.2 Å². The summed E-state index contributed by atoms with van der Waals surface area (Å²) >= 11 is 0. The zero-order chi connectivity index (χ0) is 14.1. The Bertz CT molecular complexity index is 437. The van der Waals surface area contributed by atoms with Crippen LogP contribution >= 0.6 is 0 Å². The van der Waals surface area contributed by atoms with E-state index in [0.717, 1.165) is 5.56 Å². The van der Waals surface area contributed by atoms with Gasteiger partial charge < -0.3 is 14.6 Å². The van der Waals surface area contributed by atoms with Crippen molar-refractivity contribution in [3.63, 3.8) is 0 Å². The van der Waals surface area contributed by atoms with Crippen molar-refractivity contribution in [3.8, 4) is 0 Å². The molecule has 0 bridgehead atoms. The summed E-state index contributed by atoms with van der Waals surface area (Å²) in [6.07, 6.45) is 2.01. The molecule has 0 saturated heterocycles. The van der Waals surface area contributed by atoms with Crippen molar-refractivity contribution in [1.29, 1.82) is 0 Å². The van der Waals surface area contributed by atoms with Crippen LogP contribution in [0.1, 0.15) is 12.5 Å². The Morgan fingerprint density at radius 3 is 2.68 bits per heavy atom. The molecule has 1 rings (SSSR count). The molecule has 0 spiro atoms. The van der Waals surface area contributed by atoms with E-state index in [1.165, 1.54) is 6.08 Å². The van der Waals surface area contributed by atoms with Crippen molar-refractivity contribution in [2.45, 2.75) is 13.2 Å². The molecule has 102 valence electrons. The van der Waals surface area contributed by atoms with Crippen LogP contribution in [-0.2, 0) is 14.3 Å². The molecule has 1 aromatic rings. The molecule has 1 N–H and O–H groups in total. The molecular weight excluding hydrogens is 244 g/mol. The molecule has 1 unspecified atom stereocenters. The van der Waals surface area contributed by atoms with Gasteiger partial charge in [-0.15, -0.1) is 0 Å². The highest BCUT2D eigenvalue weighted by Gasteiger charge is 2.04. The average molecular weight is 262 g/mol. The standard InChI is InChI=1S/C15H18O4/c1-12(2)15(17)19-11-10-18-14(16)9-8-13-6-4-3-5-7-13/h3-9,15,17H,1,10-11H2,2H3/b9-8+. The molecule has 0 fully saturated rings. The molecule has 0 amide bonds. The van der Waals surface area contributed by atoms with Crippen molar-refractivity contribution in [1.82, 2.24) is 0 Å². The van der Waals surface area contributed by atoms with Gasteiger partial charge in [-0.25, -0.2) is 4.79 Å². The van der Waals surface area contributed by atoms with Crippen molar-refractivity contribution in [3.05, 3.63) is 54.1 Å². The molecule has 4 heteroatoms. The highest BCUT2D eigenvalue weighted by molar-refractivity contribution is 5.86. The smallest absolute Gasteiger partial charge is 0.330 e. The van der Waals surface area contributed by atoms with E-state index >= 15 is 0 Å². The van der Waals surface area contributed by atoms with Gasteiger partial charge in [0.15, 0.2) is 6.29 Å². The van der Waals surface area contributed by atoms with Crippen LogP contribution in [0, 0.1) is 0 Å². The topological polar surface area (TPSA) is 55.8 Å². The van der Waals surface area contributed by atoms with Crippen LogP contribution in [0.5, 0.6) is 0 Å². The van der Waals surface area contributed by atoms with E-state index in [4.69, 9.17) is 9.47 Å². The Morgan fingerprint density at radius 1 is 1.37 bits per heavy atom. The molecule has 0 saturated carbocycles. The average Bonchev–Trinajstić information content (AvgIpc) is 2.42. The predicted molar refractivity (Wildman–Crippen MR) is 73.2 cm³/mol. The largest absolute Gasteiger partial charge is 0.460 e. The first-order chi connectivity index (χ1) is 9.09. The number of hydrogen-bond acceptors (Lipinski definition) is 4. The van der Waals surface area contributed by atoms with E-state index in [1.54, 1.807) is 13.0 Å². The summed E-state index contributed by atoms with van der Waals surface area (Å²) in [5, 5.41) is 9.27. The molecule has 0 aliphatic heterocycles. The number of aliphatic hydroxyl groups excluding tert-OH is 1. The van der Waals surface area contributed by atoms with Crippen LogP contribution in [0.4, 0.5) is 0 Å². The zero-order valence-corrected chi connectivity index (χ0v) is 10.9. The lowest BCUT2D eigenvalue weighted by Gasteiger charge is -2.10. The van der Waals surface area contributed by atoms with Crippen LogP contribution < -0.4 is 0 Å². The van der Waals surface area contributed by atoms with E-state index in [1.807, 2.05) is 30.3 Å². The Labute approximate surface area is 113 Å². The second-order valence-corrected chi connectivity index (χ2v) is 3.98. The monoisotopic (exact) mass is 262 g/mol. The van der Waals surface area contributed by atoms with Gasteiger partial charge in [0.2, 0.25) is 0 Å². The minimum absolute atomic E-state index is 0.0856. The van der Waals surface area contributed by atoms with Crippen molar-refractivity contribution >= 4 is 12.0 Å². The van der Waals surface area contributed by atoms with Crippen LogP contribution in [0.3, 0.4) is 0 Å². The summed E-state index contributed by atoms with van der Waals surface area (Å²) in [6, 6.07) is 9.45. The van der Waals surface area contributed by atoms with Gasteiger partial charge in [-0.1, -0.05) is 36.9 Å². The minimum Gasteiger partial charge on any atom is -0.460 e. The maximum atomic E-state index is 11.4. The van der Waals surface area contributed by atoms with Gasteiger partial charge in [-0.2, -0.15) is 0 Å². The number of carbonyl (C=O) groups is 1. The number of rotatable bonds is 7. The molecule has 1 atom stereocenters. The first-order valence-corrected chi connectivity index (χ1v) is 5.94. The number of ether oxygens (including phenoxy) is 2. The fourth-order valence-electron chi connectivity index (χ4n) is 1.22. The molecule has 1 aromatic carbocycles. The molecular formula is C15H18O4. The summed E-state index contributed by atoms with van der Waals surface area (Å²) in [6.45, 7) is 5.40. The number of esters is 1. The number of carbonyl (C=O) groups excluding carboxylic acids is 1. The van der Waals surface area contributed by atoms with Gasteiger partial charge in [-0.05, 0) is 24.1 Å². The lowest BCUT2D eigenvalue weighted by Crippen LogP contribution is -2.17. The molecule has 4 nitrogen and oxygen atoms in total. The Hall–Kier alpha value is -1.91. The minimum atomic E-state index is -1.02. The van der Waals surface area contributed by atoms with Crippen LogP contribution in [0.25, 0.3) is 6.08 Å². The van der Waals surface area contributed by atoms with Crippen molar-refractivity contribution in [2.24, 2.45) is 0 Å². The maximum absolute atomic E-state index is 11.4. The Balaban J connectivity index is 2.22.